The predicted molar refractivity (Wildman–Crippen MR) is 176 cm³/mol. The fourth-order valence-electron chi connectivity index (χ4n) is 4.65. The number of rotatable bonds is 10. The fourth-order valence-corrected chi connectivity index (χ4v) is 7.55. The van der Waals surface area contributed by atoms with Crippen molar-refractivity contribution in [3.05, 3.63) is 83.9 Å². The molecule has 0 saturated heterocycles. The van der Waals surface area contributed by atoms with Gasteiger partial charge in [-0.15, -0.1) is 0 Å². The molecule has 238 valence electrons. The highest BCUT2D eigenvalue weighted by atomic mass is 32.2. The summed E-state index contributed by atoms with van der Waals surface area (Å²) in [6.45, 7) is 15.7. The van der Waals surface area contributed by atoms with E-state index in [-0.39, 0.29) is 44.8 Å². The molecule has 0 heterocycles. The molecule has 3 aromatic carbocycles. The van der Waals surface area contributed by atoms with Gasteiger partial charge in [0, 0.05) is 12.8 Å². The van der Waals surface area contributed by atoms with Gasteiger partial charge in [0.2, 0.25) is 11.8 Å². The summed E-state index contributed by atoms with van der Waals surface area (Å²) in [5, 5.41) is 0. The number of amides is 2. The third-order valence-corrected chi connectivity index (χ3v) is 10.7. The highest BCUT2D eigenvalue weighted by molar-refractivity contribution is 7.94. The quantitative estimate of drug-likeness (QED) is 0.230. The molecule has 0 N–H and O–H groups in total. The van der Waals surface area contributed by atoms with Gasteiger partial charge in [-0.3, -0.25) is 9.59 Å². The van der Waals surface area contributed by atoms with Crippen LogP contribution in [0.1, 0.15) is 92.2 Å². The first-order valence-corrected chi connectivity index (χ1v) is 17.7. The third-order valence-electron chi connectivity index (χ3n) is 7.22. The summed E-state index contributed by atoms with van der Waals surface area (Å²) in [7, 11) is -8.60. The van der Waals surface area contributed by atoms with E-state index in [4.69, 9.17) is 0 Å². The second kappa shape index (κ2) is 13.2. The normalized spacial score (nSPS) is 12.5. The SMILES string of the molecule is CCCC(=O)N(c1ccc(N(C(=O)CCC)S(=O)(=O)c2ccc(C(C)(C)C)cc2)cc1)S(=O)(=O)c1ccc(C(C)(C)C)cc1. The lowest BCUT2D eigenvalue weighted by molar-refractivity contribution is -0.118. The second-order valence-electron chi connectivity index (χ2n) is 12.9. The van der Waals surface area contributed by atoms with E-state index in [1.54, 1.807) is 38.1 Å². The van der Waals surface area contributed by atoms with Gasteiger partial charge < -0.3 is 0 Å². The van der Waals surface area contributed by atoms with Crippen LogP contribution in [0.15, 0.2) is 82.6 Å². The van der Waals surface area contributed by atoms with Crippen molar-refractivity contribution >= 4 is 43.2 Å². The van der Waals surface area contributed by atoms with Crippen molar-refractivity contribution in [2.24, 2.45) is 0 Å². The van der Waals surface area contributed by atoms with Gasteiger partial charge in [-0.25, -0.2) is 25.4 Å². The molecular formula is C34H44N2O6S2. The summed E-state index contributed by atoms with van der Waals surface area (Å²) in [6.07, 6.45) is 0.830. The Bertz CT molecular complexity index is 1550. The van der Waals surface area contributed by atoms with Gasteiger partial charge in [-0.1, -0.05) is 79.7 Å². The van der Waals surface area contributed by atoms with Crippen LogP contribution < -0.4 is 8.61 Å². The fraction of sp³-hybridized carbons (Fsp3) is 0.412. The molecule has 0 unspecified atom stereocenters. The van der Waals surface area contributed by atoms with E-state index < -0.39 is 31.9 Å². The van der Waals surface area contributed by atoms with Crippen LogP contribution in [0.4, 0.5) is 11.4 Å². The van der Waals surface area contributed by atoms with Gasteiger partial charge in [-0.2, -0.15) is 0 Å². The molecule has 0 aliphatic rings. The van der Waals surface area contributed by atoms with Crippen molar-refractivity contribution in [1.29, 1.82) is 0 Å². The first-order chi connectivity index (χ1) is 20.3. The number of nitrogens with zero attached hydrogens (tertiary/aromatic N) is 2. The third kappa shape index (κ3) is 7.58. The molecule has 0 aliphatic heterocycles. The minimum atomic E-state index is -4.30. The summed E-state index contributed by atoms with van der Waals surface area (Å²) >= 11 is 0. The molecular weight excluding hydrogens is 597 g/mol. The number of benzene rings is 3. The van der Waals surface area contributed by atoms with E-state index in [9.17, 15) is 26.4 Å². The lowest BCUT2D eigenvalue weighted by atomic mass is 9.87. The minimum Gasteiger partial charge on any atom is -0.273 e. The van der Waals surface area contributed by atoms with Crippen molar-refractivity contribution in [3.63, 3.8) is 0 Å². The van der Waals surface area contributed by atoms with Crippen molar-refractivity contribution in [3.8, 4) is 0 Å². The van der Waals surface area contributed by atoms with Gasteiger partial charge in [-0.05, 0) is 83.3 Å². The Balaban J connectivity index is 2.09. The molecule has 3 aromatic rings. The number of hydrogen-bond acceptors (Lipinski definition) is 6. The highest BCUT2D eigenvalue weighted by Crippen LogP contribution is 2.32. The summed E-state index contributed by atoms with van der Waals surface area (Å²) < 4.78 is 56.7. The summed E-state index contributed by atoms with van der Waals surface area (Å²) in [4.78, 5) is 26.4. The molecule has 0 bridgehead atoms. The maximum absolute atomic E-state index is 13.8. The Hall–Kier alpha value is -3.50. The average Bonchev–Trinajstić information content (AvgIpc) is 2.93. The number of anilines is 2. The van der Waals surface area contributed by atoms with Gasteiger partial charge >= 0.3 is 0 Å². The molecule has 0 spiro atoms. The first-order valence-electron chi connectivity index (χ1n) is 14.8. The Morgan fingerprint density at radius 3 is 1.02 bits per heavy atom. The zero-order valence-electron chi connectivity index (χ0n) is 26.9. The zero-order valence-corrected chi connectivity index (χ0v) is 28.6. The van der Waals surface area contributed by atoms with E-state index in [1.807, 2.05) is 41.5 Å². The van der Waals surface area contributed by atoms with Gasteiger partial charge in [0.05, 0.1) is 21.2 Å². The molecule has 10 heteroatoms. The maximum Gasteiger partial charge on any atom is 0.270 e. The monoisotopic (exact) mass is 640 g/mol. The van der Waals surface area contributed by atoms with E-state index in [0.29, 0.717) is 12.8 Å². The first kappa shape index (κ1) is 35.0. The van der Waals surface area contributed by atoms with Gasteiger partial charge in [0.1, 0.15) is 0 Å². The van der Waals surface area contributed by atoms with E-state index >= 15 is 0 Å². The molecule has 0 fully saturated rings. The van der Waals surface area contributed by atoms with E-state index in [2.05, 4.69) is 0 Å². The van der Waals surface area contributed by atoms with Crippen LogP contribution in [0.5, 0.6) is 0 Å². The lowest BCUT2D eigenvalue weighted by Crippen LogP contribution is -2.38. The van der Waals surface area contributed by atoms with Crippen LogP contribution in [0.2, 0.25) is 0 Å². The van der Waals surface area contributed by atoms with Crippen LogP contribution in [-0.4, -0.2) is 28.6 Å². The van der Waals surface area contributed by atoms with Crippen molar-refractivity contribution in [2.75, 3.05) is 8.61 Å². The van der Waals surface area contributed by atoms with E-state index in [0.717, 1.165) is 19.7 Å². The Morgan fingerprint density at radius 1 is 0.523 bits per heavy atom. The van der Waals surface area contributed by atoms with Crippen molar-refractivity contribution in [2.45, 2.75) is 102 Å². The van der Waals surface area contributed by atoms with Crippen LogP contribution in [0.25, 0.3) is 0 Å². The zero-order chi connectivity index (χ0) is 33.1. The average molecular weight is 641 g/mol. The molecule has 3 rings (SSSR count). The van der Waals surface area contributed by atoms with Crippen LogP contribution in [-0.2, 0) is 40.5 Å². The standard InChI is InChI=1S/C34H44N2O6S2/c1-9-11-31(37)35(43(39,40)29-21-13-25(14-22-29)33(3,4)5)27-17-19-28(20-18-27)36(32(38)12-10-2)44(41,42)30-23-15-26(16-24-30)34(6,7)8/h13-24H,9-12H2,1-8H3. The molecule has 0 aromatic heterocycles. The van der Waals surface area contributed by atoms with E-state index in [1.165, 1.54) is 48.5 Å². The smallest absolute Gasteiger partial charge is 0.270 e. The largest absolute Gasteiger partial charge is 0.273 e. The van der Waals surface area contributed by atoms with Crippen LogP contribution in [0, 0.1) is 0 Å². The number of carbonyl (C=O) groups is 2. The molecule has 0 radical (unpaired) electrons. The minimum absolute atomic E-state index is 0.0128. The highest BCUT2D eigenvalue weighted by Gasteiger charge is 2.33. The molecule has 2 amide bonds. The molecule has 0 aliphatic carbocycles. The summed E-state index contributed by atoms with van der Waals surface area (Å²) in [6, 6.07) is 18.3. The molecule has 44 heavy (non-hydrogen) atoms. The summed E-state index contributed by atoms with van der Waals surface area (Å²) in [5.41, 5.74) is 1.60. The Kier molecular flexibility index (Phi) is 10.5. The van der Waals surface area contributed by atoms with Crippen LogP contribution in [0.3, 0.4) is 0 Å². The maximum atomic E-state index is 13.8. The lowest BCUT2D eigenvalue weighted by Gasteiger charge is -2.26. The predicted octanol–water partition coefficient (Wildman–Crippen LogP) is 7.33. The number of carbonyl (C=O) groups excluding carboxylic acids is 2. The molecule has 0 atom stereocenters. The van der Waals surface area contributed by atoms with Crippen molar-refractivity contribution in [1.82, 2.24) is 0 Å². The van der Waals surface area contributed by atoms with Crippen molar-refractivity contribution < 1.29 is 26.4 Å². The molecule has 8 nitrogen and oxygen atoms in total. The number of sulfonamides is 2. The Labute approximate surface area is 263 Å². The second-order valence-corrected chi connectivity index (χ2v) is 16.5. The Morgan fingerprint density at radius 2 is 0.795 bits per heavy atom. The van der Waals surface area contributed by atoms with Gasteiger partial charge in [0.25, 0.3) is 20.0 Å². The summed E-state index contributed by atoms with van der Waals surface area (Å²) in [5.74, 6) is -1.24. The van der Waals surface area contributed by atoms with Crippen LogP contribution >= 0.6 is 0 Å². The topological polar surface area (TPSA) is 109 Å². The molecule has 0 saturated carbocycles. The number of hydrogen-bond donors (Lipinski definition) is 0. The van der Waals surface area contributed by atoms with Gasteiger partial charge in [0.15, 0.2) is 0 Å².